The van der Waals surface area contributed by atoms with Crippen molar-refractivity contribution in [3.8, 4) is 0 Å². The highest BCUT2D eigenvalue weighted by Gasteiger charge is 2.37. The molecule has 0 radical (unpaired) electrons. The molecular formula is C14H27NO2. The molecule has 3 nitrogen and oxygen atoms in total. The first-order chi connectivity index (χ1) is 8.25. The molecule has 0 bridgehead atoms. The normalized spacial score (nSPS) is 19.2. The lowest BCUT2D eigenvalue weighted by Crippen LogP contribution is -2.43. The van der Waals surface area contributed by atoms with Crippen LogP contribution in [0.4, 0.5) is 0 Å². The molecule has 0 aromatic carbocycles. The number of rotatable bonds is 8. The number of hydrogen-bond acceptors (Lipinski definition) is 3. The molecule has 0 amide bonds. The molecule has 0 aromatic rings. The van der Waals surface area contributed by atoms with Crippen LogP contribution in [0.1, 0.15) is 58.3 Å². The molecule has 0 aromatic heterocycles. The summed E-state index contributed by atoms with van der Waals surface area (Å²) in [5, 5.41) is 0. The van der Waals surface area contributed by atoms with Crippen molar-refractivity contribution >= 4 is 5.78 Å². The van der Waals surface area contributed by atoms with Crippen molar-refractivity contribution in [3.05, 3.63) is 0 Å². The molecule has 1 heterocycles. The van der Waals surface area contributed by atoms with Crippen molar-refractivity contribution in [1.29, 1.82) is 0 Å². The highest BCUT2D eigenvalue weighted by molar-refractivity contribution is 5.85. The maximum atomic E-state index is 12.2. The standard InChI is InChI=1S/C14H27NO2/c1-2-3-4-5-6-7-13(16)14(12-15)8-10-17-11-9-14/h2-12,15H2,1H3. The van der Waals surface area contributed by atoms with Crippen molar-refractivity contribution < 1.29 is 9.53 Å². The number of Topliss-reactive ketones (excluding diaryl/α,β-unsaturated/α-hetero) is 1. The predicted octanol–water partition coefficient (Wildman–Crippen LogP) is 2.67. The Morgan fingerprint density at radius 3 is 2.41 bits per heavy atom. The smallest absolute Gasteiger partial charge is 0.140 e. The van der Waals surface area contributed by atoms with Gasteiger partial charge in [0.15, 0.2) is 0 Å². The molecule has 0 unspecified atom stereocenters. The first-order valence-electron chi connectivity index (χ1n) is 7.06. The van der Waals surface area contributed by atoms with Crippen molar-refractivity contribution in [2.24, 2.45) is 11.1 Å². The molecule has 100 valence electrons. The van der Waals surface area contributed by atoms with E-state index in [1.165, 1.54) is 25.7 Å². The topological polar surface area (TPSA) is 52.3 Å². The number of carbonyl (C=O) groups excluding carboxylic acids is 1. The summed E-state index contributed by atoms with van der Waals surface area (Å²) < 4.78 is 5.33. The summed E-state index contributed by atoms with van der Waals surface area (Å²) in [7, 11) is 0. The summed E-state index contributed by atoms with van der Waals surface area (Å²) in [5.74, 6) is 0.375. The minimum absolute atomic E-state index is 0.261. The van der Waals surface area contributed by atoms with Crippen LogP contribution in [0.25, 0.3) is 0 Å². The summed E-state index contributed by atoms with van der Waals surface area (Å²) in [6, 6.07) is 0. The van der Waals surface area contributed by atoms with Gasteiger partial charge in [-0.25, -0.2) is 0 Å². The average Bonchev–Trinajstić information content (AvgIpc) is 2.39. The largest absolute Gasteiger partial charge is 0.381 e. The van der Waals surface area contributed by atoms with Gasteiger partial charge < -0.3 is 10.5 Å². The van der Waals surface area contributed by atoms with Gasteiger partial charge in [-0.1, -0.05) is 32.6 Å². The van der Waals surface area contributed by atoms with Gasteiger partial charge in [-0.15, -0.1) is 0 Å². The summed E-state index contributed by atoms with van der Waals surface area (Å²) in [5.41, 5.74) is 5.55. The summed E-state index contributed by atoms with van der Waals surface area (Å²) >= 11 is 0. The molecule has 0 aliphatic carbocycles. The van der Waals surface area contributed by atoms with E-state index in [1.54, 1.807) is 0 Å². The first kappa shape index (κ1) is 14.7. The lowest BCUT2D eigenvalue weighted by Gasteiger charge is -2.34. The Kier molecular flexibility index (Phi) is 6.75. The maximum Gasteiger partial charge on any atom is 0.140 e. The van der Waals surface area contributed by atoms with Crippen LogP contribution in [0, 0.1) is 5.41 Å². The summed E-state index contributed by atoms with van der Waals surface area (Å²) in [6.07, 6.45) is 8.33. The third kappa shape index (κ3) is 4.40. The fourth-order valence-corrected chi connectivity index (χ4v) is 2.51. The quantitative estimate of drug-likeness (QED) is 0.665. The van der Waals surface area contributed by atoms with Gasteiger partial charge in [0.1, 0.15) is 5.78 Å². The van der Waals surface area contributed by atoms with Crippen LogP contribution >= 0.6 is 0 Å². The zero-order valence-electron chi connectivity index (χ0n) is 11.2. The SMILES string of the molecule is CCCCCCCC(=O)C1(CN)CCOCC1. The molecule has 1 aliphatic rings. The predicted molar refractivity (Wildman–Crippen MR) is 69.9 cm³/mol. The Bertz CT molecular complexity index is 222. The van der Waals surface area contributed by atoms with E-state index in [-0.39, 0.29) is 5.41 Å². The van der Waals surface area contributed by atoms with Crippen LogP contribution in [0.5, 0.6) is 0 Å². The molecule has 1 aliphatic heterocycles. The van der Waals surface area contributed by atoms with Gasteiger partial charge in [-0.2, -0.15) is 0 Å². The van der Waals surface area contributed by atoms with Crippen LogP contribution in [0.3, 0.4) is 0 Å². The first-order valence-corrected chi connectivity index (χ1v) is 7.06. The van der Waals surface area contributed by atoms with Gasteiger partial charge in [0.05, 0.1) is 0 Å². The Morgan fingerprint density at radius 2 is 1.82 bits per heavy atom. The number of nitrogens with two attached hydrogens (primary N) is 1. The van der Waals surface area contributed by atoms with Gasteiger partial charge in [0, 0.05) is 31.6 Å². The van der Waals surface area contributed by atoms with Gasteiger partial charge >= 0.3 is 0 Å². The molecule has 1 saturated heterocycles. The lowest BCUT2D eigenvalue weighted by molar-refractivity contribution is -0.133. The maximum absolute atomic E-state index is 12.2. The second kappa shape index (κ2) is 7.83. The number of ether oxygens (including phenoxy) is 1. The van der Waals surface area contributed by atoms with E-state index >= 15 is 0 Å². The minimum atomic E-state index is -0.261. The Morgan fingerprint density at radius 1 is 1.18 bits per heavy atom. The third-order valence-corrected chi connectivity index (χ3v) is 3.94. The molecule has 0 saturated carbocycles. The van der Waals surface area contributed by atoms with E-state index in [9.17, 15) is 4.79 Å². The van der Waals surface area contributed by atoms with E-state index in [1.807, 2.05) is 0 Å². The van der Waals surface area contributed by atoms with Gasteiger partial charge in [0.2, 0.25) is 0 Å². The van der Waals surface area contributed by atoms with Crippen molar-refractivity contribution in [2.75, 3.05) is 19.8 Å². The number of hydrogen-bond donors (Lipinski definition) is 1. The van der Waals surface area contributed by atoms with E-state index in [4.69, 9.17) is 10.5 Å². The number of ketones is 1. The number of carbonyl (C=O) groups is 1. The Balaban J connectivity index is 2.28. The molecule has 17 heavy (non-hydrogen) atoms. The fraction of sp³-hybridized carbons (Fsp3) is 0.929. The monoisotopic (exact) mass is 241 g/mol. The van der Waals surface area contributed by atoms with Gasteiger partial charge in [0.25, 0.3) is 0 Å². The van der Waals surface area contributed by atoms with Crippen molar-refractivity contribution in [1.82, 2.24) is 0 Å². The molecule has 1 fully saturated rings. The molecular weight excluding hydrogens is 214 g/mol. The van der Waals surface area contributed by atoms with E-state index in [0.29, 0.717) is 32.0 Å². The molecule has 2 N–H and O–H groups in total. The van der Waals surface area contributed by atoms with Crippen LogP contribution in [-0.2, 0) is 9.53 Å². The second-order valence-electron chi connectivity index (χ2n) is 5.18. The highest BCUT2D eigenvalue weighted by Crippen LogP contribution is 2.32. The van der Waals surface area contributed by atoms with Crippen molar-refractivity contribution in [2.45, 2.75) is 58.3 Å². The van der Waals surface area contributed by atoms with E-state index in [0.717, 1.165) is 19.3 Å². The average molecular weight is 241 g/mol. The summed E-state index contributed by atoms with van der Waals surface area (Å²) in [6.45, 7) is 4.08. The van der Waals surface area contributed by atoms with E-state index < -0.39 is 0 Å². The molecule has 0 spiro atoms. The fourth-order valence-electron chi connectivity index (χ4n) is 2.51. The highest BCUT2D eigenvalue weighted by atomic mass is 16.5. The van der Waals surface area contributed by atoms with Gasteiger partial charge in [-0.05, 0) is 19.3 Å². The molecule has 0 atom stereocenters. The number of unbranched alkanes of at least 4 members (excludes halogenated alkanes) is 4. The van der Waals surface area contributed by atoms with E-state index in [2.05, 4.69) is 6.92 Å². The van der Waals surface area contributed by atoms with Crippen molar-refractivity contribution in [3.63, 3.8) is 0 Å². The zero-order chi connectivity index (χ0) is 12.6. The summed E-state index contributed by atoms with van der Waals surface area (Å²) in [4.78, 5) is 12.2. The van der Waals surface area contributed by atoms with Crippen LogP contribution < -0.4 is 5.73 Å². The molecule has 1 rings (SSSR count). The van der Waals surface area contributed by atoms with Crippen LogP contribution in [0.15, 0.2) is 0 Å². The molecule has 3 heteroatoms. The Labute approximate surface area is 105 Å². The second-order valence-corrected chi connectivity index (χ2v) is 5.18. The van der Waals surface area contributed by atoms with Gasteiger partial charge in [-0.3, -0.25) is 4.79 Å². The lowest BCUT2D eigenvalue weighted by atomic mass is 9.75. The van der Waals surface area contributed by atoms with Crippen LogP contribution in [0.2, 0.25) is 0 Å². The van der Waals surface area contributed by atoms with Crippen LogP contribution in [-0.4, -0.2) is 25.5 Å². The Hall–Kier alpha value is -0.410. The zero-order valence-corrected chi connectivity index (χ0v) is 11.2. The minimum Gasteiger partial charge on any atom is -0.381 e. The third-order valence-electron chi connectivity index (χ3n) is 3.94.